The van der Waals surface area contributed by atoms with Gasteiger partial charge in [0, 0.05) is 24.7 Å². The first-order valence-corrected chi connectivity index (χ1v) is 11.7. The van der Waals surface area contributed by atoms with Crippen LogP contribution in [0, 0.1) is 17.0 Å². The van der Waals surface area contributed by atoms with Gasteiger partial charge in [-0.3, -0.25) is 34.1 Å². The van der Waals surface area contributed by atoms with Crippen LogP contribution in [0.4, 0.5) is 11.4 Å². The average molecular weight is 511 g/mol. The van der Waals surface area contributed by atoms with Crippen LogP contribution >= 0.6 is 0 Å². The smallest absolute Gasteiger partial charge is 0.300 e. The molecule has 1 saturated heterocycles. The fraction of sp³-hybridized carbons (Fsp3) is 0.107. The molecule has 1 fully saturated rings. The number of para-hydroxylation sites is 1. The zero-order chi connectivity index (χ0) is 27.1. The summed E-state index contributed by atoms with van der Waals surface area (Å²) >= 11 is 0. The highest BCUT2D eigenvalue weighted by Crippen LogP contribution is 2.43. The number of rotatable bonds is 5. The Hall–Kier alpha value is -5.25. The predicted octanol–water partition coefficient (Wildman–Crippen LogP) is 4.02. The van der Waals surface area contributed by atoms with Gasteiger partial charge in [-0.15, -0.1) is 0 Å². The third kappa shape index (κ3) is 3.79. The van der Waals surface area contributed by atoms with E-state index in [1.165, 1.54) is 28.9 Å². The van der Waals surface area contributed by atoms with Gasteiger partial charge in [0.25, 0.3) is 22.9 Å². The number of ketones is 1. The van der Waals surface area contributed by atoms with Crippen LogP contribution in [0.25, 0.3) is 11.4 Å². The molecule has 1 aliphatic heterocycles. The molecule has 3 aromatic carbocycles. The number of non-ortho nitro benzene ring substituents is 1. The third-order valence-electron chi connectivity index (χ3n) is 6.65. The first-order chi connectivity index (χ1) is 18.2. The molecule has 0 saturated carbocycles. The summed E-state index contributed by atoms with van der Waals surface area (Å²) in [6.07, 6.45) is 0. The highest BCUT2D eigenvalue weighted by Gasteiger charge is 2.49. The molecule has 1 N–H and O–H groups in total. The Balaban J connectivity index is 1.81. The van der Waals surface area contributed by atoms with E-state index in [4.69, 9.17) is 0 Å². The fourth-order valence-electron chi connectivity index (χ4n) is 4.77. The molecule has 5 rings (SSSR count). The van der Waals surface area contributed by atoms with Gasteiger partial charge >= 0.3 is 0 Å². The first-order valence-electron chi connectivity index (χ1n) is 11.7. The highest BCUT2D eigenvalue weighted by atomic mass is 16.6. The highest BCUT2D eigenvalue weighted by molar-refractivity contribution is 6.51. The lowest BCUT2D eigenvalue weighted by atomic mass is 9.95. The van der Waals surface area contributed by atoms with Gasteiger partial charge in [-0.1, -0.05) is 60.7 Å². The minimum absolute atomic E-state index is 0.0675. The standard InChI is InChI=1S/C28H22N4O6/c1-17-23(27(35)31(29(17)2)20-13-7-4-8-14-20)30-24(19-12-9-15-21(16-19)32(37)38)22(26(34)28(30)36)25(33)18-10-5-3-6-11-18/h3-16,24,33H,1-2H3. The molecule has 0 bridgehead atoms. The van der Waals surface area contributed by atoms with E-state index in [1.807, 2.05) is 0 Å². The van der Waals surface area contributed by atoms with E-state index in [0.717, 1.165) is 4.90 Å². The van der Waals surface area contributed by atoms with Crippen molar-refractivity contribution >= 4 is 28.8 Å². The van der Waals surface area contributed by atoms with Crippen molar-refractivity contribution in [2.24, 2.45) is 7.05 Å². The second-order valence-corrected chi connectivity index (χ2v) is 8.80. The maximum atomic E-state index is 13.8. The molecule has 1 amide bonds. The molecule has 0 spiro atoms. The Morgan fingerprint density at radius 1 is 0.921 bits per heavy atom. The van der Waals surface area contributed by atoms with Crippen LogP contribution in [0.5, 0.6) is 0 Å². The molecule has 38 heavy (non-hydrogen) atoms. The van der Waals surface area contributed by atoms with Crippen molar-refractivity contribution in [2.45, 2.75) is 13.0 Å². The molecule has 0 radical (unpaired) electrons. The summed E-state index contributed by atoms with van der Waals surface area (Å²) in [4.78, 5) is 52.8. The zero-order valence-electron chi connectivity index (χ0n) is 20.4. The summed E-state index contributed by atoms with van der Waals surface area (Å²) in [7, 11) is 1.65. The number of carbonyl (C=O) groups is 2. The van der Waals surface area contributed by atoms with E-state index in [0.29, 0.717) is 11.4 Å². The number of carbonyl (C=O) groups excluding carboxylic acids is 2. The molecule has 10 heteroatoms. The fourth-order valence-corrected chi connectivity index (χ4v) is 4.77. The van der Waals surface area contributed by atoms with E-state index in [9.17, 15) is 29.6 Å². The Kier molecular flexibility index (Phi) is 6.00. The monoisotopic (exact) mass is 510 g/mol. The summed E-state index contributed by atoms with van der Waals surface area (Å²) < 4.78 is 2.93. The Morgan fingerprint density at radius 3 is 2.18 bits per heavy atom. The van der Waals surface area contributed by atoms with Gasteiger partial charge in [-0.2, -0.15) is 0 Å². The third-order valence-corrected chi connectivity index (χ3v) is 6.65. The second-order valence-electron chi connectivity index (χ2n) is 8.80. The van der Waals surface area contributed by atoms with Crippen molar-refractivity contribution in [2.75, 3.05) is 4.90 Å². The maximum Gasteiger partial charge on any atom is 0.300 e. The topological polar surface area (TPSA) is 128 Å². The normalized spacial score (nSPS) is 16.7. The van der Waals surface area contributed by atoms with E-state index >= 15 is 0 Å². The first kappa shape index (κ1) is 24.4. The predicted molar refractivity (Wildman–Crippen MR) is 140 cm³/mol. The Morgan fingerprint density at radius 2 is 1.55 bits per heavy atom. The number of amides is 1. The molecule has 1 aromatic heterocycles. The van der Waals surface area contributed by atoms with Gasteiger partial charge < -0.3 is 5.11 Å². The lowest BCUT2D eigenvalue weighted by Crippen LogP contribution is -2.34. The Labute approximate surface area is 216 Å². The van der Waals surface area contributed by atoms with Gasteiger partial charge in [0.05, 0.1) is 27.9 Å². The van der Waals surface area contributed by atoms with Crippen molar-refractivity contribution in [3.63, 3.8) is 0 Å². The van der Waals surface area contributed by atoms with Gasteiger partial charge in [-0.05, 0) is 24.6 Å². The SMILES string of the molecule is Cc1c(N2C(=O)C(=O)C(=C(O)c3ccccc3)C2c2cccc([N+](=O)[O-])c2)c(=O)n(-c2ccccc2)n1C. The molecule has 1 aliphatic rings. The zero-order valence-corrected chi connectivity index (χ0v) is 20.4. The summed E-state index contributed by atoms with van der Waals surface area (Å²) in [5.74, 6) is -2.47. The van der Waals surface area contributed by atoms with Crippen LogP contribution in [0.2, 0.25) is 0 Å². The molecule has 1 unspecified atom stereocenters. The number of nitro groups is 1. The molecular formula is C28H22N4O6. The van der Waals surface area contributed by atoms with Crippen LogP contribution in [0.3, 0.4) is 0 Å². The number of aliphatic hydroxyl groups is 1. The van der Waals surface area contributed by atoms with E-state index < -0.39 is 34.0 Å². The molecule has 0 aliphatic carbocycles. The number of nitrogens with zero attached hydrogens (tertiary/aromatic N) is 4. The summed E-state index contributed by atoms with van der Waals surface area (Å²) in [6.45, 7) is 1.64. The minimum Gasteiger partial charge on any atom is -0.507 e. The van der Waals surface area contributed by atoms with E-state index in [2.05, 4.69) is 0 Å². The van der Waals surface area contributed by atoms with Gasteiger partial charge in [0.1, 0.15) is 11.4 Å². The van der Waals surface area contributed by atoms with Crippen LogP contribution in [-0.4, -0.2) is 31.1 Å². The number of hydrogen-bond acceptors (Lipinski definition) is 6. The maximum absolute atomic E-state index is 13.8. The lowest BCUT2D eigenvalue weighted by molar-refractivity contribution is -0.384. The largest absolute Gasteiger partial charge is 0.507 e. The quantitative estimate of drug-likeness (QED) is 0.142. The van der Waals surface area contributed by atoms with E-state index in [1.54, 1.807) is 79.3 Å². The molecule has 190 valence electrons. The lowest BCUT2D eigenvalue weighted by Gasteiger charge is -2.24. The van der Waals surface area contributed by atoms with Crippen molar-refractivity contribution in [3.05, 3.63) is 128 Å². The summed E-state index contributed by atoms with van der Waals surface area (Å²) in [5, 5.41) is 22.8. The number of anilines is 1. The number of hydrogen-bond donors (Lipinski definition) is 1. The number of Topliss-reactive ketones (excluding diaryl/α,β-unsaturated/α-hetero) is 1. The number of aromatic nitrogens is 2. The molecule has 10 nitrogen and oxygen atoms in total. The van der Waals surface area contributed by atoms with Crippen LogP contribution in [0.1, 0.15) is 22.9 Å². The van der Waals surface area contributed by atoms with Crippen LogP contribution < -0.4 is 10.5 Å². The van der Waals surface area contributed by atoms with Gasteiger partial charge in [-0.25, -0.2) is 4.68 Å². The van der Waals surface area contributed by atoms with Crippen LogP contribution in [-0.2, 0) is 16.6 Å². The minimum atomic E-state index is -1.28. The number of benzene rings is 3. The number of nitro benzene ring substituents is 1. The van der Waals surface area contributed by atoms with Crippen LogP contribution in [0.15, 0.2) is 95.3 Å². The molecule has 4 aromatic rings. The Bertz CT molecular complexity index is 1690. The number of aliphatic hydroxyl groups excluding tert-OH is 1. The second kappa shape index (κ2) is 9.32. The van der Waals surface area contributed by atoms with Crippen molar-refractivity contribution in [3.8, 4) is 5.69 Å². The molecular weight excluding hydrogens is 488 g/mol. The summed E-state index contributed by atoms with van der Waals surface area (Å²) in [6, 6.07) is 21.2. The van der Waals surface area contributed by atoms with Crippen molar-refractivity contribution in [1.29, 1.82) is 0 Å². The van der Waals surface area contributed by atoms with Gasteiger partial charge in [0.15, 0.2) is 0 Å². The van der Waals surface area contributed by atoms with Crippen molar-refractivity contribution in [1.82, 2.24) is 9.36 Å². The van der Waals surface area contributed by atoms with E-state index in [-0.39, 0.29) is 28.1 Å². The van der Waals surface area contributed by atoms with Crippen molar-refractivity contribution < 1.29 is 19.6 Å². The van der Waals surface area contributed by atoms with Gasteiger partial charge in [0.2, 0.25) is 0 Å². The molecule has 2 heterocycles. The summed E-state index contributed by atoms with van der Waals surface area (Å²) in [5.41, 5.74) is 0.250. The molecule has 1 atom stereocenters. The average Bonchev–Trinajstić information content (AvgIpc) is 3.32.